The van der Waals surface area contributed by atoms with Crippen LogP contribution in [-0.4, -0.2) is 17.6 Å². The molecule has 20 heavy (non-hydrogen) atoms. The van der Waals surface area contributed by atoms with Crippen molar-refractivity contribution in [3.8, 4) is 0 Å². The Kier molecular flexibility index (Phi) is 3.83. The predicted molar refractivity (Wildman–Crippen MR) is 88.7 cm³/mol. The van der Waals surface area contributed by atoms with Crippen LogP contribution in [0.1, 0.15) is 44.0 Å². The van der Waals surface area contributed by atoms with Gasteiger partial charge in [-0.05, 0) is 44.7 Å². The quantitative estimate of drug-likeness (QED) is 0.854. The second-order valence-electron chi connectivity index (χ2n) is 5.74. The summed E-state index contributed by atoms with van der Waals surface area (Å²) in [4.78, 5) is 7.14. The Bertz CT molecular complexity index is 603. The molecule has 4 heteroatoms. The maximum atomic E-state index is 6.32. The Morgan fingerprint density at radius 2 is 2.25 bits per heavy atom. The van der Waals surface area contributed by atoms with Crippen LogP contribution in [0, 0.1) is 6.92 Å². The Labute approximate surface area is 124 Å². The summed E-state index contributed by atoms with van der Waals surface area (Å²) in [6, 6.07) is 4.95. The maximum absolute atomic E-state index is 6.32. The number of anilines is 2. The van der Waals surface area contributed by atoms with E-state index < -0.39 is 0 Å². The van der Waals surface area contributed by atoms with E-state index >= 15 is 0 Å². The van der Waals surface area contributed by atoms with Gasteiger partial charge in [0.25, 0.3) is 0 Å². The van der Waals surface area contributed by atoms with E-state index in [-0.39, 0.29) is 0 Å². The highest BCUT2D eigenvalue weighted by Crippen LogP contribution is 2.36. The standard InChI is InChI=1S/C16H23N3S/c1-3-6-12-7-4-5-8-19(12)15-10-14-16(9-13(15)17)20-11(2)18-14/h9-10,12H,3-8,17H2,1-2H3. The fraction of sp³-hybridized carbons (Fsp3) is 0.562. The summed E-state index contributed by atoms with van der Waals surface area (Å²) < 4.78 is 1.20. The summed E-state index contributed by atoms with van der Waals surface area (Å²) in [5, 5.41) is 1.11. The largest absolute Gasteiger partial charge is 0.397 e. The summed E-state index contributed by atoms with van der Waals surface area (Å²) in [7, 11) is 0. The second-order valence-corrected chi connectivity index (χ2v) is 6.98. The van der Waals surface area contributed by atoms with Crippen molar-refractivity contribution < 1.29 is 0 Å². The van der Waals surface area contributed by atoms with Gasteiger partial charge in [0.05, 0.1) is 26.6 Å². The molecule has 2 aromatic rings. The van der Waals surface area contributed by atoms with Crippen molar-refractivity contribution in [3.05, 3.63) is 17.1 Å². The highest BCUT2D eigenvalue weighted by molar-refractivity contribution is 7.18. The molecule has 1 aromatic heterocycles. The van der Waals surface area contributed by atoms with Crippen LogP contribution in [0.2, 0.25) is 0 Å². The summed E-state index contributed by atoms with van der Waals surface area (Å²) in [5.41, 5.74) is 9.52. The SMILES string of the molecule is CCCC1CCCCN1c1cc2nc(C)sc2cc1N. The van der Waals surface area contributed by atoms with E-state index in [2.05, 4.69) is 35.9 Å². The Morgan fingerprint density at radius 1 is 1.40 bits per heavy atom. The van der Waals surface area contributed by atoms with E-state index in [0.717, 1.165) is 22.8 Å². The molecule has 0 radical (unpaired) electrons. The first kappa shape index (κ1) is 13.7. The zero-order valence-corrected chi connectivity index (χ0v) is 13.2. The molecule has 1 atom stereocenters. The number of thiazole rings is 1. The lowest BCUT2D eigenvalue weighted by atomic mass is 9.97. The molecule has 0 aliphatic carbocycles. The number of fused-ring (bicyclic) bond motifs is 1. The van der Waals surface area contributed by atoms with Gasteiger partial charge < -0.3 is 10.6 Å². The average Bonchev–Trinajstić information content (AvgIpc) is 2.78. The van der Waals surface area contributed by atoms with Gasteiger partial charge in [0.1, 0.15) is 0 Å². The molecule has 1 aromatic carbocycles. The van der Waals surface area contributed by atoms with Gasteiger partial charge in [-0.3, -0.25) is 0 Å². The van der Waals surface area contributed by atoms with Crippen LogP contribution in [0.5, 0.6) is 0 Å². The number of hydrogen-bond donors (Lipinski definition) is 1. The first-order valence-corrected chi connectivity index (χ1v) is 8.44. The van der Waals surface area contributed by atoms with E-state index in [1.165, 1.54) is 42.5 Å². The minimum Gasteiger partial charge on any atom is -0.397 e. The molecule has 2 heterocycles. The number of rotatable bonds is 3. The molecular weight excluding hydrogens is 266 g/mol. The third-order valence-corrected chi connectivity index (χ3v) is 5.14. The molecule has 1 aliphatic rings. The topological polar surface area (TPSA) is 42.2 Å². The van der Waals surface area contributed by atoms with Gasteiger partial charge in [-0.25, -0.2) is 4.98 Å². The number of aryl methyl sites for hydroxylation is 1. The summed E-state index contributed by atoms with van der Waals surface area (Å²) in [6.07, 6.45) is 6.40. The van der Waals surface area contributed by atoms with Gasteiger partial charge in [-0.15, -0.1) is 11.3 Å². The zero-order chi connectivity index (χ0) is 14.1. The van der Waals surface area contributed by atoms with Crippen LogP contribution in [0.25, 0.3) is 10.2 Å². The molecule has 0 bridgehead atoms. The van der Waals surface area contributed by atoms with Crippen molar-refractivity contribution in [2.75, 3.05) is 17.2 Å². The number of nitrogen functional groups attached to an aromatic ring is 1. The van der Waals surface area contributed by atoms with E-state index in [0.29, 0.717) is 6.04 Å². The molecule has 1 unspecified atom stereocenters. The molecule has 0 amide bonds. The van der Waals surface area contributed by atoms with E-state index in [9.17, 15) is 0 Å². The van der Waals surface area contributed by atoms with E-state index in [4.69, 9.17) is 5.73 Å². The normalized spacial score (nSPS) is 19.7. The number of benzene rings is 1. The van der Waals surface area contributed by atoms with Crippen LogP contribution in [-0.2, 0) is 0 Å². The third-order valence-electron chi connectivity index (χ3n) is 4.20. The van der Waals surface area contributed by atoms with Crippen molar-refractivity contribution in [1.82, 2.24) is 4.98 Å². The average molecular weight is 289 g/mol. The van der Waals surface area contributed by atoms with Crippen LogP contribution in [0.15, 0.2) is 12.1 Å². The maximum Gasteiger partial charge on any atom is 0.0907 e. The van der Waals surface area contributed by atoms with Crippen molar-refractivity contribution in [2.45, 2.75) is 52.0 Å². The highest BCUT2D eigenvalue weighted by Gasteiger charge is 2.24. The predicted octanol–water partition coefficient (Wildman–Crippen LogP) is 4.35. The number of piperidine rings is 1. The Hall–Kier alpha value is -1.29. The Morgan fingerprint density at radius 3 is 3.05 bits per heavy atom. The molecule has 1 aliphatic heterocycles. The van der Waals surface area contributed by atoms with Gasteiger partial charge >= 0.3 is 0 Å². The van der Waals surface area contributed by atoms with Crippen molar-refractivity contribution in [2.24, 2.45) is 0 Å². The lowest BCUT2D eigenvalue weighted by Gasteiger charge is -2.38. The van der Waals surface area contributed by atoms with Crippen LogP contribution in [0.4, 0.5) is 11.4 Å². The van der Waals surface area contributed by atoms with Gasteiger partial charge in [-0.2, -0.15) is 0 Å². The first-order chi connectivity index (χ1) is 9.69. The van der Waals surface area contributed by atoms with Gasteiger partial charge in [0, 0.05) is 12.6 Å². The number of nitrogens with two attached hydrogens (primary N) is 1. The molecule has 108 valence electrons. The number of aromatic nitrogens is 1. The van der Waals surface area contributed by atoms with Crippen LogP contribution < -0.4 is 10.6 Å². The molecular formula is C16H23N3S. The van der Waals surface area contributed by atoms with Crippen LogP contribution >= 0.6 is 11.3 Å². The monoisotopic (exact) mass is 289 g/mol. The number of nitrogens with zero attached hydrogens (tertiary/aromatic N) is 2. The van der Waals surface area contributed by atoms with E-state index in [1.807, 2.05) is 0 Å². The molecule has 0 spiro atoms. The lowest BCUT2D eigenvalue weighted by Crippen LogP contribution is -2.39. The third kappa shape index (κ3) is 2.49. The Balaban J connectivity index is 2.00. The van der Waals surface area contributed by atoms with E-state index in [1.54, 1.807) is 11.3 Å². The highest BCUT2D eigenvalue weighted by atomic mass is 32.1. The molecule has 3 nitrogen and oxygen atoms in total. The van der Waals surface area contributed by atoms with Crippen molar-refractivity contribution in [1.29, 1.82) is 0 Å². The van der Waals surface area contributed by atoms with Gasteiger partial charge in [0.15, 0.2) is 0 Å². The van der Waals surface area contributed by atoms with Crippen LogP contribution in [0.3, 0.4) is 0 Å². The molecule has 3 rings (SSSR count). The summed E-state index contributed by atoms with van der Waals surface area (Å²) >= 11 is 1.72. The minimum absolute atomic E-state index is 0.647. The van der Waals surface area contributed by atoms with Gasteiger partial charge in [-0.1, -0.05) is 13.3 Å². The van der Waals surface area contributed by atoms with Crippen molar-refractivity contribution >= 4 is 32.9 Å². The van der Waals surface area contributed by atoms with Gasteiger partial charge in [0.2, 0.25) is 0 Å². The number of hydrogen-bond acceptors (Lipinski definition) is 4. The molecule has 0 saturated carbocycles. The first-order valence-electron chi connectivity index (χ1n) is 7.62. The second kappa shape index (κ2) is 5.60. The lowest BCUT2D eigenvalue weighted by molar-refractivity contribution is 0.435. The zero-order valence-electron chi connectivity index (χ0n) is 12.4. The fourth-order valence-corrected chi connectivity index (χ4v) is 4.15. The molecule has 2 N–H and O–H groups in total. The summed E-state index contributed by atoms with van der Waals surface area (Å²) in [5.74, 6) is 0. The summed E-state index contributed by atoms with van der Waals surface area (Å²) in [6.45, 7) is 5.45. The molecule has 1 saturated heterocycles. The van der Waals surface area contributed by atoms with Crippen molar-refractivity contribution in [3.63, 3.8) is 0 Å². The smallest absolute Gasteiger partial charge is 0.0907 e. The molecule has 1 fully saturated rings. The minimum atomic E-state index is 0.647. The fourth-order valence-electron chi connectivity index (χ4n) is 3.29.